The molecule has 0 aromatic carbocycles. The SMILES string of the molecule is CC(C)(C)c1ccc(NCc2nn[nH]n2)nc1. The smallest absolute Gasteiger partial charge is 0.193 e. The quantitative estimate of drug-likeness (QED) is 0.838. The number of pyridine rings is 1. The minimum atomic E-state index is 0.124. The van der Waals surface area contributed by atoms with Gasteiger partial charge in [0.05, 0.1) is 6.54 Å². The van der Waals surface area contributed by atoms with Gasteiger partial charge in [0.1, 0.15) is 5.82 Å². The normalized spacial score (nSPS) is 11.5. The van der Waals surface area contributed by atoms with E-state index < -0.39 is 0 Å². The fourth-order valence-corrected chi connectivity index (χ4v) is 1.37. The van der Waals surface area contributed by atoms with Crippen molar-refractivity contribution in [2.24, 2.45) is 0 Å². The van der Waals surface area contributed by atoms with Gasteiger partial charge in [-0.2, -0.15) is 5.21 Å². The summed E-state index contributed by atoms with van der Waals surface area (Å²) in [5.41, 5.74) is 1.33. The van der Waals surface area contributed by atoms with Crippen molar-refractivity contribution < 1.29 is 0 Å². The highest BCUT2D eigenvalue weighted by Gasteiger charge is 2.13. The molecule has 2 N–H and O–H groups in total. The lowest BCUT2D eigenvalue weighted by atomic mass is 9.88. The van der Waals surface area contributed by atoms with Crippen LogP contribution in [-0.2, 0) is 12.0 Å². The van der Waals surface area contributed by atoms with Gasteiger partial charge < -0.3 is 5.32 Å². The number of H-pyrrole nitrogens is 1. The minimum Gasteiger partial charge on any atom is -0.363 e. The van der Waals surface area contributed by atoms with Gasteiger partial charge in [0, 0.05) is 6.20 Å². The third-order valence-corrected chi connectivity index (χ3v) is 2.45. The van der Waals surface area contributed by atoms with Gasteiger partial charge in [-0.05, 0) is 17.0 Å². The lowest BCUT2D eigenvalue weighted by Crippen LogP contribution is -2.12. The van der Waals surface area contributed by atoms with Gasteiger partial charge in [0.15, 0.2) is 5.82 Å². The van der Waals surface area contributed by atoms with Crippen LogP contribution >= 0.6 is 0 Å². The van der Waals surface area contributed by atoms with Crippen LogP contribution in [0.3, 0.4) is 0 Å². The molecule has 0 aliphatic carbocycles. The van der Waals surface area contributed by atoms with Crippen LogP contribution in [0.5, 0.6) is 0 Å². The van der Waals surface area contributed by atoms with E-state index in [1.54, 1.807) is 0 Å². The molecular weight excluding hydrogens is 216 g/mol. The zero-order chi connectivity index (χ0) is 12.3. The molecule has 17 heavy (non-hydrogen) atoms. The topological polar surface area (TPSA) is 79.4 Å². The lowest BCUT2D eigenvalue weighted by Gasteiger charge is -2.18. The molecule has 6 nitrogen and oxygen atoms in total. The second kappa shape index (κ2) is 4.48. The molecule has 0 aliphatic heterocycles. The van der Waals surface area contributed by atoms with Crippen LogP contribution in [0.4, 0.5) is 5.82 Å². The van der Waals surface area contributed by atoms with Gasteiger partial charge in [0.25, 0.3) is 0 Å². The van der Waals surface area contributed by atoms with Gasteiger partial charge in [-0.1, -0.05) is 32.1 Å². The van der Waals surface area contributed by atoms with E-state index in [-0.39, 0.29) is 5.41 Å². The van der Waals surface area contributed by atoms with Gasteiger partial charge in [0.2, 0.25) is 0 Å². The summed E-state index contributed by atoms with van der Waals surface area (Å²) in [6, 6.07) is 4.03. The first-order valence-electron chi connectivity index (χ1n) is 5.48. The van der Waals surface area contributed by atoms with Gasteiger partial charge in [-0.25, -0.2) is 4.98 Å². The molecule has 6 heteroatoms. The summed E-state index contributed by atoms with van der Waals surface area (Å²) in [6.07, 6.45) is 1.89. The van der Waals surface area contributed by atoms with Crippen molar-refractivity contribution in [1.29, 1.82) is 0 Å². The Morgan fingerprint density at radius 3 is 2.65 bits per heavy atom. The zero-order valence-electron chi connectivity index (χ0n) is 10.2. The summed E-state index contributed by atoms with van der Waals surface area (Å²) >= 11 is 0. The van der Waals surface area contributed by atoms with E-state index in [9.17, 15) is 0 Å². The van der Waals surface area contributed by atoms with Crippen molar-refractivity contribution in [1.82, 2.24) is 25.6 Å². The number of anilines is 1. The maximum absolute atomic E-state index is 4.35. The average Bonchev–Trinajstić information content (AvgIpc) is 2.78. The summed E-state index contributed by atoms with van der Waals surface area (Å²) in [5.74, 6) is 1.43. The van der Waals surface area contributed by atoms with E-state index >= 15 is 0 Å². The Morgan fingerprint density at radius 2 is 2.12 bits per heavy atom. The molecule has 2 heterocycles. The Labute approximate surface area is 99.9 Å². The molecule has 0 saturated carbocycles. The summed E-state index contributed by atoms with van der Waals surface area (Å²) in [7, 11) is 0. The van der Waals surface area contributed by atoms with Crippen LogP contribution in [0, 0.1) is 0 Å². The van der Waals surface area contributed by atoms with Crippen LogP contribution in [0.2, 0.25) is 0 Å². The number of nitrogens with one attached hydrogen (secondary N) is 2. The molecule has 0 spiro atoms. The number of nitrogens with zero attached hydrogens (tertiary/aromatic N) is 4. The molecule has 2 aromatic rings. The largest absolute Gasteiger partial charge is 0.363 e. The summed E-state index contributed by atoms with van der Waals surface area (Å²) in [4.78, 5) is 4.35. The number of hydrogen-bond donors (Lipinski definition) is 2. The number of hydrogen-bond acceptors (Lipinski definition) is 5. The van der Waals surface area contributed by atoms with Crippen LogP contribution in [0.15, 0.2) is 18.3 Å². The maximum atomic E-state index is 4.35. The summed E-state index contributed by atoms with van der Waals surface area (Å²) in [6.45, 7) is 7.00. The molecule has 0 amide bonds. The fraction of sp³-hybridized carbons (Fsp3) is 0.455. The zero-order valence-corrected chi connectivity index (χ0v) is 10.2. The molecule has 0 radical (unpaired) electrons. The van der Waals surface area contributed by atoms with Crippen molar-refractivity contribution in [2.45, 2.75) is 32.7 Å². The predicted octanol–water partition coefficient (Wildman–Crippen LogP) is 1.50. The van der Waals surface area contributed by atoms with E-state index in [1.165, 1.54) is 5.56 Å². The molecular formula is C11H16N6. The first-order valence-corrected chi connectivity index (χ1v) is 5.48. The second-order valence-corrected chi connectivity index (χ2v) is 4.86. The Morgan fingerprint density at radius 1 is 1.29 bits per heavy atom. The van der Waals surface area contributed by atoms with Gasteiger partial charge >= 0.3 is 0 Å². The highest BCUT2D eigenvalue weighted by Crippen LogP contribution is 2.21. The van der Waals surface area contributed by atoms with E-state index in [1.807, 2.05) is 12.3 Å². The molecule has 0 unspecified atom stereocenters. The molecule has 2 rings (SSSR count). The van der Waals surface area contributed by atoms with Crippen LogP contribution in [-0.4, -0.2) is 25.6 Å². The van der Waals surface area contributed by atoms with Gasteiger partial charge in [-0.3, -0.25) is 0 Å². The molecule has 0 fully saturated rings. The van der Waals surface area contributed by atoms with Crippen LogP contribution in [0.25, 0.3) is 0 Å². The highest BCUT2D eigenvalue weighted by molar-refractivity contribution is 5.37. The first kappa shape index (κ1) is 11.5. The number of tetrazole rings is 1. The monoisotopic (exact) mass is 232 g/mol. The predicted molar refractivity (Wildman–Crippen MR) is 64.4 cm³/mol. The van der Waals surface area contributed by atoms with Gasteiger partial charge in [-0.15, -0.1) is 10.2 Å². The first-order chi connectivity index (χ1) is 8.05. The van der Waals surface area contributed by atoms with Crippen molar-refractivity contribution in [3.63, 3.8) is 0 Å². The molecule has 0 aliphatic rings. The van der Waals surface area contributed by atoms with E-state index in [4.69, 9.17) is 0 Å². The van der Waals surface area contributed by atoms with Crippen LogP contribution in [0.1, 0.15) is 32.2 Å². The number of aromatic nitrogens is 5. The maximum Gasteiger partial charge on any atom is 0.193 e. The summed E-state index contributed by atoms with van der Waals surface area (Å²) < 4.78 is 0. The molecule has 90 valence electrons. The third-order valence-electron chi connectivity index (χ3n) is 2.45. The van der Waals surface area contributed by atoms with Crippen molar-refractivity contribution >= 4 is 5.82 Å². The Kier molecular flexibility index (Phi) is 3.03. The van der Waals surface area contributed by atoms with E-state index in [2.05, 4.69) is 57.8 Å². The number of rotatable bonds is 3. The van der Waals surface area contributed by atoms with E-state index in [0.717, 1.165) is 5.82 Å². The lowest BCUT2D eigenvalue weighted by molar-refractivity contribution is 0.587. The highest BCUT2D eigenvalue weighted by atomic mass is 15.5. The standard InChI is InChI=1S/C11H16N6/c1-11(2,3)8-4-5-9(12-6-8)13-7-10-14-16-17-15-10/h4-6H,7H2,1-3H3,(H,12,13)(H,14,15,16,17). The molecule has 0 saturated heterocycles. The van der Waals surface area contributed by atoms with Crippen molar-refractivity contribution in [3.05, 3.63) is 29.7 Å². The molecule has 0 atom stereocenters. The Bertz CT molecular complexity index is 454. The van der Waals surface area contributed by atoms with E-state index in [0.29, 0.717) is 12.4 Å². The Balaban J connectivity index is 1.99. The second-order valence-electron chi connectivity index (χ2n) is 4.86. The van der Waals surface area contributed by atoms with Crippen molar-refractivity contribution in [2.75, 3.05) is 5.32 Å². The molecule has 0 bridgehead atoms. The minimum absolute atomic E-state index is 0.124. The Hall–Kier alpha value is -1.98. The average molecular weight is 232 g/mol. The molecule has 2 aromatic heterocycles. The fourth-order valence-electron chi connectivity index (χ4n) is 1.37. The van der Waals surface area contributed by atoms with Crippen LogP contribution < -0.4 is 5.32 Å². The van der Waals surface area contributed by atoms with Crippen molar-refractivity contribution in [3.8, 4) is 0 Å². The third kappa shape index (κ3) is 2.99. The summed E-state index contributed by atoms with van der Waals surface area (Å²) in [5, 5.41) is 16.7. The number of aromatic amines is 1.